The van der Waals surface area contributed by atoms with E-state index in [1.807, 2.05) is 43.3 Å². The topological polar surface area (TPSA) is 42.5 Å². The molecule has 5 heteroatoms. The molecule has 1 unspecified atom stereocenters. The molecule has 0 fully saturated rings. The van der Waals surface area contributed by atoms with Gasteiger partial charge in [-0.25, -0.2) is 0 Å². The van der Waals surface area contributed by atoms with Crippen LogP contribution >= 0.6 is 12.2 Å². The molecule has 0 heterocycles. The highest BCUT2D eigenvalue weighted by Crippen LogP contribution is 2.29. The summed E-state index contributed by atoms with van der Waals surface area (Å²) in [5.41, 5.74) is 2.18. The maximum absolute atomic E-state index is 5.42. The van der Waals surface area contributed by atoms with Crippen LogP contribution in [0.3, 0.4) is 0 Å². The van der Waals surface area contributed by atoms with Crippen molar-refractivity contribution in [1.82, 2.24) is 10.6 Å². The van der Waals surface area contributed by atoms with E-state index in [-0.39, 0.29) is 6.04 Å². The van der Waals surface area contributed by atoms with Gasteiger partial charge in [0.15, 0.2) is 5.11 Å². The number of rotatable bonds is 6. The molecule has 23 heavy (non-hydrogen) atoms. The number of benzene rings is 2. The average Bonchev–Trinajstić information content (AvgIpc) is 2.60. The highest BCUT2D eigenvalue weighted by atomic mass is 32.1. The van der Waals surface area contributed by atoms with Crippen LogP contribution in [0.15, 0.2) is 48.5 Å². The summed E-state index contributed by atoms with van der Waals surface area (Å²) in [6.45, 7) is 2.72. The van der Waals surface area contributed by atoms with E-state index >= 15 is 0 Å². The lowest BCUT2D eigenvalue weighted by molar-refractivity contribution is 0.395. The Morgan fingerprint density at radius 3 is 2.48 bits per heavy atom. The molecular formula is C18H22N2O2S. The van der Waals surface area contributed by atoms with Crippen LogP contribution in [-0.4, -0.2) is 19.3 Å². The van der Waals surface area contributed by atoms with E-state index in [2.05, 4.69) is 22.8 Å². The number of thiocarbonyl (C=S) groups is 1. The largest absolute Gasteiger partial charge is 0.497 e. The Hall–Kier alpha value is -2.27. The van der Waals surface area contributed by atoms with E-state index in [0.717, 1.165) is 17.1 Å². The van der Waals surface area contributed by atoms with Crippen LogP contribution in [0.1, 0.15) is 24.1 Å². The number of hydrogen-bond donors (Lipinski definition) is 2. The van der Waals surface area contributed by atoms with Crippen molar-refractivity contribution < 1.29 is 9.47 Å². The van der Waals surface area contributed by atoms with Gasteiger partial charge in [0.05, 0.1) is 20.3 Å². The monoisotopic (exact) mass is 330 g/mol. The summed E-state index contributed by atoms with van der Waals surface area (Å²) in [4.78, 5) is 0. The molecule has 4 nitrogen and oxygen atoms in total. The average molecular weight is 330 g/mol. The number of ether oxygens (including phenoxy) is 2. The Labute approximate surface area is 142 Å². The van der Waals surface area contributed by atoms with Crippen LogP contribution in [0.2, 0.25) is 0 Å². The lowest BCUT2D eigenvalue weighted by Crippen LogP contribution is -2.36. The fourth-order valence-corrected chi connectivity index (χ4v) is 2.53. The van der Waals surface area contributed by atoms with Gasteiger partial charge in [-0.3, -0.25) is 0 Å². The Morgan fingerprint density at radius 1 is 1.09 bits per heavy atom. The van der Waals surface area contributed by atoms with E-state index in [0.29, 0.717) is 11.7 Å². The van der Waals surface area contributed by atoms with Crippen molar-refractivity contribution in [3.05, 3.63) is 59.7 Å². The molecule has 122 valence electrons. The summed E-state index contributed by atoms with van der Waals surface area (Å²) in [6.07, 6.45) is 0. The Bertz CT molecular complexity index is 647. The number of hydrogen-bond acceptors (Lipinski definition) is 3. The molecule has 0 amide bonds. The smallest absolute Gasteiger partial charge is 0.167 e. The summed E-state index contributed by atoms with van der Waals surface area (Å²) in [7, 11) is 3.31. The number of nitrogens with one attached hydrogen (secondary N) is 2. The second-order valence-electron chi connectivity index (χ2n) is 5.14. The van der Waals surface area contributed by atoms with Crippen molar-refractivity contribution in [1.29, 1.82) is 0 Å². The first-order chi connectivity index (χ1) is 11.1. The summed E-state index contributed by atoms with van der Waals surface area (Å²) < 4.78 is 10.7. The molecule has 2 N–H and O–H groups in total. The zero-order chi connectivity index (χ0) is 16.7. The molecular weight excluding hydrogens is 308 g/mol. The minimum atomic E-state index is -0.00387. The highest BCUT2D eigenvalue weighted by Gasteiger charge is 2.13. The summed E-state index contributed by atoms with van der Waals surface area (Å²) in [6, 6.07) is 15.9. The SMILES string of the molecule is COc1ccc(OC)c(C(C)NC(=S)NCc2ccccc2)c1. The van der Waals surface area contributed by atoms with Gasteiger partial charge in [-0.15, -0.1) is 0 Å². The predicted octanol–water partition coefficient (Wildman–Crippen LogP) is 3.43. The van der Waals surface area contributed by atoms with Crippen molar-refractivity contribution in [3.63, 3.8) is 0 Å². The Balaban J connectivity index is 1.98. The quantitative estimate of drug-likeness (QED) is 0.794. The fourth-order valence-electron chi connectivity index (χ4n) is 2.28. The summed E-state index contributed by atoms with van der Waals surface area (Å²) in [5, 5.41) is 7.09. The molecule has 2 aromatic carbocycles. The van der Waals surface area contributed by atoms with Crippen molar-refractivity contribution in [2.75, 3.05) is 14.2 Å². The van der Waals surface area contributed by atoms with Gasteiger partial charge in [0.25, 0.3) is 0 Å². The molecule has 0 aliphatic carbocycles. The summed E-state index contributed by atoms with van der Waals surface area (Å²) >= 11 is 5.38. The van der Waals surface area contributed by atoms with Crippen LogP contribution < -0.4 is 20.1 Å². The van der Waals surface area contributed by atoms with E-state index in [9.17, 15) is 0 Å². The van der Waals surface area contributed by atoms with Crippen LogP contribution in [0.5, 0.6) is 11.5 Å². The van der Waals surface area contributed by atoms with Crippen LogP contribution in [0, 0.1) is 0 Å². The Morgan fingerprint density at radius 2 is 1.83 bits per heavy atom. The predicted molar refractivity (Wildman–Crippen MR) is 97.0 cm³/mol. The van der Waals surface area contributed by atoms with E-state index in [4.69, 9.17) is 21.7 Å². The van der Waals surface area contributed by atoms with E-state index < -0.39 is 0 Å². The van der Waals surface area contributed by atoms with Gasteiger partial charge in [0, 0.05) is 12.1 Å². The highest BCUT2D eigenvalue weighted by molar-refractivity contribution is 7.80. The summed E-state index contributed by atoms with van der Waals surface area (Å²) in [5.74, 6) is 1.59. The molecule has 0 spiro atoms. The minimum absolute atomic E-state index is 0.00387. The van der Waals surface area contributed by atoms with Gasteiger partial charge >= 0.3 is 0 Å². The van der Waals surface area contributed by atoms with Gasteiger partial charge in [-0.1, -0.05) is 30.3 Å². The van der Waals surface area contributed by atoms with Gasteiger partial charge in [-0.05, 0) is 42.9 Å². The molecule has 0 bridgehead atoms. The van der Waals surface area contributed by atoms with E-state index in [1.54, 1.807) is 14.2 Å². The molecule has 2 aromatic rings. The first-order valence-corrected chi connectivity index (χ1v) is 7.85. The van der Waals surface area contributed by atoms with Crippen LogP contribution in [0.25, 0.3) is 0 Å². The lowest BCUT2D eigenvalue weighted by atomic mass is 10.1. The fraction of sp³-hybridized carbons (Fsp3) is 0.278. The van der Waals surface area contributed by atoms with Crippen LogP contribution in [-0.2, 0) is 6.54 Å². The second-order valence-corrected chi connectivity index (χ2v) is 5.55. The van der Waals surface area contributed by atoms with Crippen LogP contribution in [0.4, 0.5) is 0 Å². The molecule has 2 rings (SSSR count). The molecule has 0 aromatic heterocycles. The van der Waals surface area contributed by atoms with Gasteiger partial charge in [0.2, 0.25) is 0 Å². The molecule has 0 aliphatic rings. The van der Waals surface area contributed by atoms with Crippen molar-refractivity contribution in [2.24, 2.45) is 0 Å². The second kappa shape index (κ2) is 8.39. The third-order valence-corrected chi connectivity index (χ3v) is 3.81. The maximum atomic E-state index is 5.42. The normalized spacial score (nSPS) is 11.4. The molecule has 1 atom stereocenters. The molecule has 0 aliphatic heterocycles. The Kier molecular flexibility index (Phi) is 6.23. The lowest BCUT2D eigenvalue weighted by Gasteiger charge is -2.20. The molecule has 0 saturated carbocycles. The van der Waals surface area contributed by atoms with Gasteiger partial charge in [0.1, 0.15) is 11.5 Å². The minimum Gasteiger partial charge on any atom is -0.497 e. The maximum Gasteiger partial charge on any atom is 0.167 e. The van der Waals surface area contributed by atoms with Gasteiger partial charge in [-0.2, -0.15) is 0 Å². The van der Waals surface area contributed by atoms with Gasteiger partial charge < -0.3 is 20.1 Å². The van der Waals surface area contributed by atoms with Crippen molar-refractivity contribution in [3.8, 4) is 11.5 Å². The van der Waals surface area contributed by atoms with E-state index in [1.165, 1.54) is 5.56 Å². The zero-order valence-corrected chi connectivity index (χ0v) is 14.4. The zero-order valence-electron chi connectivity index (χ0n) is 13.6. The third kappa shape index (κ3) is 4.86. The van der Waals surface area contributed by atoms with Crippen molar-refractivity contribution in [2.45, 2.75) is 19.5 Å². The molecule has 0 saturated heterocycles. The standard InChI is InChI=1S/C18H22N2O2S/c1-13(16-11-15(21-2)9-10-17(16)22-3)20-18(23)19-12-14-7-5-4-6-8-14/h4-11,13H,12H2,1-3H3,(H2,19,20,23). The first kappa shape index (κ1) is 17.1. The van der Waals surface area contributed by atoms with Crippen molar-refractivity contribution >= 4 is 17.3 Å². The number of methoxy groups -OCH3 is 2. The molecule has 0 radical (unpaired) electrons. The third-order valence-electron chi connectivity index (χ3n) is 3.55. The first-order valence-electron chi connectivity index (χ1n) is 7.44.